The minimum absolute atomic E-state index is 0.0322. The number of benzene rings is 2. The number of hydrogen-bond acceptors (Lipinski definition) is 4. The summed E-state index contributed by atoms with van der Waals surface area (Å²) in [5.41, 5.74) is 4.10. The topological polar surface area (TPSA) is 42.0 Å². The van der Waals surface area contributed by atoms with Crippen LogP contribution in [-0.4, -0.2) is 36.2 Å². The maximum atomic E-state index is 13.1. The molecule has 1 unspecified atom stereocenters. The molecule has 1 atom stereocenters. The number of carbonyl (C=O) groups excluding carboxylic acids is 1. The normalized spacial score (nSPS) is 18.7. The van der Waals surface area contributed by atoms with Gasteiger partial charge in [-0.15, -0.1) is 0 Å². The van der Waals surface area contributed by atoms with E-state index in [1.54, 1.807) is 19.1 Å². The number of para-hydroxylation sites is 1. The first kappa shape index (κ1) is 16.8. The summed E-state index contributed by atoms with van der Waals surface area (Å²) < 4.78 is 10.8. The van der Waals surface area contributed by atoms with E-state index in [0.717, 1.165) is 22.4 Å². The number of ether oxygens (including phenoxy) is 2. The van der Waals surface area contributed by atoms with Gasteiger partial charge in [-0.3, -0.25) is 9.69 Å². The van der Waals surface area contributed by atoms with E-state index in [-0.39, 0.29) is 11.9 Å². The van der Waals surface area contributed by atoms with Crippen LogP contribution in [0.25, 0.3) is 0 Å². The summed E-state index contributed by atoms with van der Waals surface area (Å²) in [6, 6.07) is 11.5. The summed E-state index contributed by atoms with van der Waals surface area (Å²) in [7, 11) is 3.24. The zero-order valence-corrected chi connectivity index (χ0v) is 15.8. The number of aryl methyl sites for hydroxylation is 1. The van der Waals surface area contributed by atoms with Crippen LogP contribution >= 0.6 is 12.2 Å². The second kappa shape index (κ2) is 6.29. The molecule has 134 valence electrons. The number of carbonyl (C=O) groups is 1. The molecule has 1 fully saturated rings. The summed E-state index contributed by atoms with van der Waals surface area (Å²) in [4.78, 5) is 16.8. The van der Waals surface area contributed by atoms with Crippen molar-refractivity contribution in [1.82, 2.24) is 4.90 Å². The number of rotatable bonds is 3. The van der Waals surface area contributed by atoms with Crippen molar-refractivity contribution in [2.24, 2.45) is 0 Å². The first-order valence-electron chi connectivity index (χ1n) is 8.49. The Morgan fingerprint density at radius 3 is 2.38 bits per heavy atom. The Morgan fingerprint density at radius 2 is 1.73 bits per heavy atom. The number of methoxy groups -OCH3 is 2. The monoisotopic (exact) mass is 368 g/mol. The van der Waals surface area contributed by atoms with Crippen LogP contribution in [0.4, 0.5) is 5.69 Å². The third-order valence-electron chi connectivity index (χ3n) is 5.13. The van der Waals surface area contributed by atoms with Gasteiger partial charge in [0.2, 0.25) is 0 Å². The van der Waals surface area contributed by atoms with Gasteiger partial charge in [-0.2, -0.15) is 0 Å². The molecule has 2 aromatic rings. The van der Waals surface area contributed by atoms with Gasteiger partial charge in [-0.25, -0.2) is 0 Å². The van der Waals surface area contributed by atoms with Gasteiger partial charge in [-0.05, 0) is 54.0 Å². The van der Waals surface area contributed by atoms with E-state index in [0.29, 0.717) is 29.6 Å². The Kier molecular flexibility index (Phi) is 4.07. The van der Waals surface area contributed by atoms with Gasteiger partial charge in [0.1, 0.15) is 6.04 Å². The zero-order valence-electron chi connectivity index (χ0n) is 15.0. The standard InChI is InChI=1S/C20H20N2O3S/c1-12-6-4-5-7-15(12)22-19(23)16-8-13-9-17(24-2)18(25-3)10-14(13)11-21(16)20(22)26/h4-7,9-10,16H,8,11H2,1-3H3. The fourth-order valence-electron chi connectivity index (χ4n) is 3.74. The van der Waals surface area contributed by atoms with E-state index in [1.165, 1.54) is 0 Å². The van der Waals surface area contributed by atoms with Gasteiger partial charge < -0.3 is 14.4 Å². The van der Waals surface area contributed by atoms with Crippen molar-refractivity contribution in [2.45, 2.75) is 25.9 Å². The van der Waals surface area contributed by atoms with Gasteiger partial charge in [-0.1, -0.05) is 18.2 Å². The van der Waals surface area contributed by atoms with Gasteiger partial charge in [0.15, 0.2) is 16.6 Å². The average Bonchev–Trinajstić information content (AvgIpc) is 2.89. The molecule has 0 aromatic heterocycles. The third kappa shape index (κ3) is 2.44. The van der Waals surface area contributed by atoms with E-state index >= 15 is 0 Å². The Hall–Kier alpha value is -2.60. The molecule has 0 saturated carbocycles. The van der Waals surface area contributed by atoms with Gasteiger partial charge in [0.25, 0.3) is 5.91 Å². The third-order valence-corrected chi connectivity index (χ3v) is 5.55. The molecule has 6 heteroatoms. The molecule has 2 heterocycles. The molecule has 2 aromatic carbocycles. The van der Waals surface area contributed by atoms with Crippen LogP contribution in [0.15, 0.2) is 36.4 Å². The van der Waals surface area contributed by atoms with E-state index in [2.05, 4.69) is 0 Å². The molecule has 1 amide bonds. The molecule has 2 aliphatic rings. The van der Waals surface area contributed by atoms with Crippen molar-refractivity contribution in [3.05, 3.63) is 53.1 Å². The lowest BCUT2D eigenvalue weighted by atomic mass is 9.94. The van der Waals surface area contributed by atoms with E-state index < -0.39 is 0 Å². The van der Waals surface area contributed by atoms with Crippen molar-refractivity contribution >= 4 is 28.9 Å². The molecular weight excluding hydrogens is 348 g/mol. The summed E-state index contributed by atoms with van der Waals surface area (Å²) in [5, 5.41) is 0.565. The van der Waals surface area contributed by atoms with Crippen LogP contribution in [0.3, 0.4) is 0 Å². The van der Waals surface area contributed by atoms with Crippen molar-refractivity contribution < 1.29 is 14.3 Å². The second-order valence-corrected chi connectivity index (χ2v) is 6.93. The van der Waals surface area contributed by atoms with Crippen LogP contribution < -0.4 is 14.4 Å². The molecule has 4 rings (SSSR count). The van der Waals surface area contributed by atoms with Gasteiger partial charge >= 0.3 is 0 Å². The summed E-state index contributed by atoms with van der Waals surface area (Å²) in [5.74, 6) is 1.41. The molecule has 26 heavy (non-hydrogen) atoms. The van der Waals surface area contributed by atoms with Crippen LogP contribution in [-0.2, 0) is 17.8 Å². The number of nitrogens with zero attached hydrogens (tertiary/aromatic N) is 2. The van der Waals surface area contributed by atoms with E-state index in [9.17, 15) is 4.79 Å². The largest absolute Gasteiger partial charge is 0.493 e. The summed E-state index contributed by atoms with van der Waals surface area (Å²) >= 11 is 5.67. The maximum Gasteiger partial charge on any atom is 0.256 e. The van der Waals surface area contributed by atoms with Crippen LogP contribution in [0.1, 0.15) is 16.7 Å². The van der Waals surface area contributed by atoms with Crippen molar-refractivity contribution in [2.75, 3.05) is 19.1 Å². The summed E-state index contributed by atoms with van der Waals surface area (Å²) in [6.45, 7) is 2.58. The minimum atomic E-state index is -0.271. The zero-order chi connectivity index (χ0) is 18.4. The second-order valence-electron chi connectivity index (χ2n) is 6.57. The average molecular weight is 368 g/mol. The highest BCUT2D eigenvalue weighted by Crippen LogP contribution is 2.38. The van der Waals surface area contributed by atoms with Crippen LogP contribution in [0.2, 0.25) is 0 Å². The maximum absolute atomic E-state index is 13.1. The predicted octanol–water partition coefficient (Wildman–Crippen LogP) is 3.07. The Morgan fingerprint density at radius 1 is 1.08 bits per heavy atom. The van der Waals surface area contributed by atoms with E-state index in [1.807, 2.05) is 48.2 Å². The van der Waals surface area contributed by atoms with Crippen molar-refractivity contribution in [1.29, 1.82) is 0 Å². The van der Waals surface area contributed by atoms with Crippen LogP contribution in [0.5, 0.6) is 11.5 Å². The Balaban J connectivity index is 1.73. The quantitative estimate of drug-likeness (QED) is 0.779. The van der Waals surface area contributed by atoms with Gasteiger partial charge in [0, 0.05) is 13.0 Å². The van der Waals surface area contributed by atoms with Crippen LogP contribution in [0, 0.1) is 6.92 Å². The van der Waals surface area contributed by atoms with Crippen molar-refractivity contribution in [3.8, 4) is 11.5 Å². The SMILES string of the molecule is COc1cc2c(cc1OC)CN1C(=S)N(c3ccccc3C)C(=O)C1C2. The highest BCUT2D eigenvalue weighted by molar-refractivity contribution is 7.80. The molecule has 5 nitrogen and oxygen atoms in total. The van der Waals surface area contributed by atoms with E-state index in [4.69, 9.17) is 21.7 Å². The molecule has 0 N–H and O–H groups in total. The number of amides is 1. The molecule has 0 radical (unpaired) electrons. The molecule has 0 aliphatic carbocycles. The first-order valence-corrected chi connectivity index (χ1v) is 8.90. The molecular formula is C20H20N2O3S. The molecule has 0 bridgehead atoms. The highest BCUT2D eigenvalue weighted by atomic mass is 32.1. The fraction of sp³-hybridized carbons (Fsp3) is 0.300. The lowest BCUT2D eigenvalue weighted by Crippen LogP contribution is -2.40. The first-order chi connectivity index (χ1) is 12.5. The smallest absolute Gasteiger partial charge is 0.256 e. The fourth-order valence-corrected chi connectivity index (χ4v) is 4.12. The number of thiocarbonyl (C=S) groups is 1. The summed E-state index contributed by atoms with van der Waals surface area (Å²) in [6.07, 6.45) is 0.608. The predicted molar refractivity (Wildman–Crippen MR) is 104 cm³/mol. The lowest BCUT2D eigenvalue weighted by Gasteiger charge is -2.31. The number of anilines is 1. The van der Waals surface area contributed by atoms with Crippen molar-refractivity contribution in [3.63, 3.8) is 0 Å². The molecule has 2 aliphatic heterocycles. The Labute approximate surface area is 158 Å². The Bertz CT molecular complexity index is 861. The highest BCUT2D eigenvalue weighted by Gasteiger charge is 2.46. The van der Waals surface area contributed by atoms with Gasteiger partial charge in [0.05, 0.1) is 19.9 Å². The number of fused-ring (bicyclic) bond motifs is 2. The minimum Gasteiger partial charge on any atom is -0.493 e. The lowest BCUT2D eigenvalue weighted by molar-refractivity contribution is -0.120. The molecule has 1 saturated heterocycles. The molecule has 0 spiro atoms. The number of hydrogen-bond donors (Lipinski definition) is 0.